The molecule has 10 nitrogen and oxygen atoms in total. The van der Waals surface area contributed by atoms with Crippen LogP contribution in [0.15, 0.2) is 0 Å². The molecule has 2 aliphatic rings. The van der Waals surface area contributed by atoms with Crippen LogP contribution in [0.5, 0.6) is 0 Å². The Hall–Kier alpha value is -2.52. The number of carbonyl (C=O) groups excluding carboxylic acids is 4. The first kappa shape index (κ1) is 20.8. The van der Waals surface area contributed by atoms with Gasteiger partial charge in [-0.1, -0.05) is 20.8 Å². The van der Waals surface area contributed by atoms with Crippen LogP contribution >= 0.6 is 0 Å². The lowest BCUT2D eigenvalue weighted by Crippen LogP contribution is -2.58. The van der Waals surface area contributed by atoms with Crippen LogP contribution in [0.25, 0.3) is 0 Å². The van der Waals surface area contributed by atoms with Crippen molar-refractivity contribution >= 4 is 23.9 Å². The minimum Gasteiger partial charge on any atom is -0.352 e. The van der Waals surface area contributed by atoms with Crippen LogP contribution in [0, 0.1) is 5.41 Å². The van der Waals surface area contributed by atoms with E-state index in [1.54, 1.807) is 4.90 Å². The highest BCUT2D eigenvalue weighted by atomic mass is 16.2. The zero-order valence-electron chi connectivity index (χ0n) is 16.1. The molecule has 0 radical (unpaired) electrons. The number of primary amides is 2. The SMILES string of the molecule is CC(C)(C)C(NC(N)=O)C(=O)N1CCCC1CNC(=O)C1(NC(N)=O)CC1. The van der Waals surface area contributed by atoms with E-state index in [2.05, 4.69) is 16.0 Å². The maximum atomic E-state index is 13.0. The highest BCUT2D eigenvalue weighted by Gasteiger charge is 2.51. The molecule has 1 saturated carbocycles. The number of hydrogen-bond acceptors (Lipinski definition) is 4. The molecule has 0 bridgehead atoms. The average Bonchev–Trinajstić information content (AvgIpc) is 3.15. The molecule has 2 unspecified atom stereocenters. The van der Waals surface area contributed by atoms with Gasteiger partial charge in [-0.05, 0) is 31.1 Å². The summed E-state index contributed by atoms with van der Waals surface area (Å²) in [4.78, 5) is 49.4. The van der Waals surface area contributed by atoms with Crippen molar-refractivity contribution in [2.45, 2.75) is 64.1 Å². The summed E-state index contributed by atoms with van der Waals surface area (Å²) < 4.78 is 0. The molecule has 10 heteroatoms. The standard InChI is InChI=1S/C17H30N6O4/c1-16(2,3)11(21-14(18)26)12(24)23-8-4-5-10(23)9-20-13(25)17(6-7-17)22-15(19)27/h10-11H,4-9H2,1-3H3,(H,20,25)(H3,18,21,26)(H3,19,22,27). The Kier molecular flexibility index (Phi) is 5.86. The molecule has 2 rings (SSSR count). The lowest BCUT2D eigenvalue weighted by molar-refractivity contribution is -0.137. The lowest BCUT2D eigenvalue weighted by atomic mass is 9.85. The van der Waals surface area contributed by atoms with E-state index in [0.717, 1.165) is 12.8 Å². The summed E-state index contributed by atoms with van der Waals surface area (Å²) in [7, 11) is 0. The van der Waals surface area contributed by atoms with Crippen molar-refractivity contribution in [3.05, 3.63) is 0 Å². The van der Waals surface area contributed by atoms with Crippen LogP contribution in [-0.2, 0) is 9.59 Å². The van der Waals surface area contributed by atoms with Crippen molar-refractivity contribution in [3.8, 4) is 0 Å². The molecule has 1 aliphatic carbocycles. The van der Waals surface area contributed by atoms with Gasteiger partial charge in [-0.2, -0.15) is 0 Å². The number of hydrogen-bond donors (Lipinski definition) is 5. The molecule has 2 atom stereocenters. The monoisotopic (exact) mass is 382 g/mol. The van der Waals surface area contributed by atoms with Gasteiger partial charge in [0.15, 0.2) is 0 Å². The Morgan fingerprint density at radius 2 is 1.78 bits per heavy atom. The molecule has 0 aromatic heterocycles. The minimum atomic E-state index is -0.916. The minimum absolute atomic E-state index is 0.176. The van der Waals surface area contributed by atoms with Gasteiger partial charge in [-0.3, -0.25) is 9.59 Å². The number of urea groups is 2. The van der Waals surface area contributed by atoms with E-state index in [4.69, 9.17) is 11.5 Å². The van der Waals surface area contributed by atoms with Gasteiger partial charge in [0, 0.05) is 19.1 Å². The Bertz CT molecular complexity index is 625. The summed E-state index contributed by atoms with van der Waals surface area (Å²) in [6.07, 6.45) is 2.65. The Morgan fingerprint density at radius 1 is 1.15 bits per heavy atom. The smallest absolute Gasteiger partial charge is 0.313 e. The van der Waals surface area contributed by atoms with Gasteiger partial charge >= 0.3 is 12.1 Å². The van der Waals surface area contributed by atoms with Crippen molar-refractivity contribution in [1.82, 2.24) is 20.9 Å². The van der Waals surface area contributed by atoms with Crippen molar-refractivity contribution in [2.24, 2.45) is 16.9 Å². The second kappa shape index (κ2) is 7.61. The van der Waals surface area contributed by atoms with Gasteiger partial charge in [0.2, 0.25) is 11.8 Å². The molecule has 1 aliphatic heterocycles. The van der Waals surface area contributed by atoms with Gasteiger partial charge in [0.1, 0.15) is 11.6 Å². The molecule has 2 fully saturated rings. The molecule has 152 valence electrons. The van der Waals surface area contributed by atoms with Crippen LogP contribution in [0.4, 0.5) is 9.59 Å². The second-order valence-electron chi connectivity index (χ2n) is 8.42. The summed E-state index contributed by atoms with van der Waals surface area (Å²) in [5.74, 6) is -0.502. The van der Waals surface area contributed by atoms with Crippen LogP contribution < -0.4 is 27.4 Å². The van der Waals surface area contributed by atoms with Crippen LogP contribution in [0.1, 0.15) is 46.5 Å². The third kappa shape index (κ3) is 5.01. The fourth-order valence-electron chi connectivity index (χ4n) is 3.44. The Morgan fingerprint density at radius 3 is 2.26 bits per heavy atom. The highest BCUT2D eigenvalue weighted by molar-refractivity contribution is 5.93. The fraction of sp³-hybridized carbons (Fsp3) is 0.765. The lowest BCUT2D eigenvalue weighted by Gasteiger charge is -2.35. The van der Waals surface area contributed by atoms with E-state index < -0.39 is 29.1 Å². The first-order valence-electron chi connectivity index (χ1n) is 9.19. The Labute approximate surface area is 158 Å². The summed E-state index contributed by atoms with van der Waals surface area (Å²) in [6.45, 7) is 6.39. The molecule has 1 heterocycles. The van der Waals surface area contributed by atoms with E-state index in [1.165, 1.54) is 0 Å². The molecule has 0 aromatic carbocycles. The molecule has 27 heavy (non-hydrogen) atoms. The molecule has 1 saturated heterocycles. The summed E-state index contributed by atoms with van der Waals surface area (Å²) in [5, 5.41) is 7.84. The van der Waals surface area contributed by atoms with Gasteiger partial charge < -0.3 is 32.3 Å². The number of nitrogens with two attached hydrogens (primary N) is 2. The zero-order chi connectivity index (χ0) is 20.4. The molecular formula is C17H30N6O4. The van der Waals surface area contributed by atoms with Crippen molar-refractivity contribution in [3.63, 3.8) is 0 Å². The quantitative estimate of drug-likeness (QED) is 0.414. The van der Waals surface area contributed by atoms with E-state index in [0.29, 0.717) is 19.4 Å². The summed E-state index contributed by atoms with van der Waals surface area (Å²) in [5.41, 5.74) is 8.93. The second-order valence-corrected chi connectivity index (χ2v) is 8.42. The number of rotatable bonds is 6. The Balaban J connectivity index is 1.99. The molecular weight excluding hydrogens is 352 g/mol. The number of likely N-dealkylation sites (tertiary alicyclic amines) is 1. The van der Waals surface area contributed by atoms with E-state index in [-0.39, 0.29) is 24.4 Å². The topological polar surface area (TPSA) is 160 Å². The normalized spacial score (nSPS) is 21.9. The third-order valence-corrected chi connectivity index (χ3v) is 5.11. The summed E-state index contributed by atoms with van der Waals surface area (Å²) >= 11 is 0. The van der Waals surface area contributed by atoms with Crippen LogP contribution in [0.3, 0.4) is 0 Å². The van der Waals surface area contributed by atoms with Crippen LogP contribution in [0.2, 0.25) is 0 Å². The molecule has 7 N–H and O–H groups in total. The van der Waals surface area contributed by atoms with E-state index in [1.807, 2.05) is 20.8 Å². The highest BCUT2D eigenvalue weighted by Crippen LogP contribution is 2.35. The number of carbonyl (C=O) groups is 4. The summed E-state index contributed by atoms with van der Waals surface area (Å²) in [6, 6.07) is -2.41. The van der Waals surface area contributed by atoms with E-state index >= 15 is 0 Å². The molecule has 0 spiro atoms. The van der Waals surface area contributed by atoms with Gasteiger partial charge in [-0.15, -0.1) is 0 Å². The van der Waals surface area contributed by atoms with Crippen molar-refractivity contribution in [1.29, 1.82) is 0 Å². The largest absolute Gasteiger partial charge is 0.352 e. The van der Waals surface area contributed by atoms with Crippen LogP contribution in [-0.4, -0.2) is 59.5 Å². The first-order valence-corrected chi connectivity index (χ1v) is 9.19. The predicted molar refractivity (Wildman–Crippen MR) is 98.4 cm³/mol. The average molecular weight is 382 g/mol. The number of amides is 6. The number of nitrogens with one attached hydrogen (secondary N) is 3. The van der Waals surface area contributed by atoms with Gasteiger partial charge in [0.05, 0.1) is 0 Å². The van der Waals surface area contributed by atoms with Crippen molar-refractivity contribution < 1.29 is 19.2 Å². The first-order chi connectivity index (χ1) is 12.5. The third-order valence-electron chi connectivity index (χ3n) is 5.11. The molecule has 6 amide bonds. The number of nitrogens with zero attached hydrogens (tertiary/aromatic N) is 1. The van der Waals surface area contributed by atoms with Gasteiger partial charge in [-0.25, -0.2) is 9.59 Å². The maximum Gasteiger partial charge on any atom is 0.313 e. The fourth-order valence-corrected chi connectivity index (χ4v) is 3.44. The predicted octanol–water partition coefficient (Wildman–Crippen LogP) is -0.622. The van der Waals surface area contributed by atoms with Crippen molar-refractivity contribution in [2.75, 3.05) is 13.1 Å². The maximum absolute atomic E-state index is 13.0. The van der Waals surface area contributed by atoms with E-state index in [9.17, 15) is 19.2 Å². The molecule has 0 aromatic rings. The zero-order valence-corrected chi connectivity index (χ0v) is 16.1. The van der Waals surface area contributed by atoms with Gasteiger partial charge in [0.25, 0.3) is 0 Å².